The molecule has 1 fully saturated rings. The lowest BCUT2D eigenvalue weighted by Crippen LogP contribution is -2.51. The van der Waals surface area contributed by atoms with E-state index in [9.17, 15) is 4.79 Å². The SMILES string of the molecule is CC(C)OCc1ccc(NC(=O)C2CCCCC2(C)N)cc1.Cl. The summed E-state index contributed by atoms with van der Waals surface area (Å²) in [6, 6.07) is 7.82. The van der Waals surface area contributed by atoms with Gasteiger partial charge in [-0.1, -0.05) is 25.0 Å². The number of nitrogens with two attached hydrogens (primary N) is 1. The molecule has 1 aliphatic carbocycles. The Kier molecular flexibility index (Phi) is 7.52. The van der Waals surface area contributed by atoms with Gasteiger partial charge in [-0.3, -0.25) is 4.79 Å². The van der Waals surface area contributed by atoms with Crippen LogP contribution in [0.25, 0.3) is 0 Å². The number of benzene rings is 1. The number of carbonyl (C=O) groups is 1. The first-order chi connectivity index (χ1) is 10.4. The van der Waals surface area contributed by atoms with Crippen LogP contribution >= 0.6 is 12.4 Å². The molecule has 0 heterocycles. The minimum Gasteiger partial charge on any atom is -0.374 e. The summed E-state index contributed by atoms with van der Waals surface area (Å²) in [5.41, 5.74) is 7.82. The van der Waals surface area contributed by atoms with Gasteiger partial charge in [0.1, 0.15) is 0 Å². The summed E-state index contributed by atoms with van der Waals surface area (Å²) in [5.74, 6) is -0.0684. The number of halogens is 1. The zero-order valence-corrected chi connectivity index (χ0v) is 15.1. The zero-order chi connectivity index (χ0) is 16.2. The lowest BCUT2D eigenvalue weighted by molar-refractivity contribution is -0.122. The third kappa shape index (κ3) is 5.79. The monoisotopic (exact) mass is 340 g/mol. The Bertz CT molecular complexity index is 500. The van der Waals surface area contributed by atoms with Crippen LogP contribution in [0.5, 0.6) is 0 Å². The molecule has 0 saturated heterocycles. The molecule has 0 radical (unpaired) electrons. The molecule has 4 nitrogen and oxygen atoms in total. The van der Waals surface area contributed by atoms with E-state index in [1.54, 1.807) is 0 Å². The maximum atomic E-state index is 12.5. The molecular formula is C18H29ClN2O2. The Hall–Kier alpha value is -1.10. The topological polar surface area (TPSA) is 64.3 Å². The minimum absolute atomic E-state index is 0. The molecule has 5 heteroatoms. The average Bonchev–Trinajstić information content (AvgIpc) is 2.46. The lowest BCUT2D eigenvalue weighted by atomic mass is 9.74. The number of carbonyl (C=O) groups excluding carboxylic acids is 1. The smallest absolute Gasteiger partial charge is 0.229 e. The van der Waals surface area contributed by atoms with Crippen molar-refractivity contribution in [2.24, 2.45) is 11.7 Å². The summed E-state index contributed by atoms with van der Waals surface area (Å²) < 4.78 is 5.57. The summed E-state index contributed by atoms with van der Waals surface area (Å²) in [4.78, 5) is 12.5. The molecule has 3 N–H and O–H groups in total. The van der Waals surface area contributed by atoms with E-state index >= 15 is 0 Å². The molecule has 2 rings (SSSR count). The first kappa shape index (κ1) is 19.9. The summed E-state index contributed by atoms with van der Waals surface area (Å²) in [5, 5.41) is 3.00. The van der Waals surface area contributed by atoms with Gasteiger partial charge in [0, 0.05) is 11.2 Å². The van der Waals surface area contributed by atoms with Crippen LogP contribution in [0.1, 0.15) is 52.0 Å². The summed E-state index contributed by atoms with van der Waals surface area (Å²) >= 11 is 0. The highest BCUT2D eigenvalue weighted by Gasteiger charge is 2.37. The van der Waals surface area contributed by atoms with Gasteiger partial charge in [-0.25, -0.2) is 0 Å². The number of hydrogen-bond acceptors (Lipinski definition) is 3. The second-order valence-electron chi connectivity index (χ2n) is 6.85. The third-order valence-electron chi connectivity index (χ3n) is 4.38. The first-order valence-electron chi connectivity index (χ1n) is 8.19. The van der Waals surface area contributed by atoms with Crippen LogP contribution < -0.4 is 11.1 Å². The van der Waals surface area contributed by atoms with Gasteiger partial charge in [0.05, 0.1) is 18.6 Å². The van der Waals surface area contributed by atoms with Crippen LogP contribution in [0.4, 0.5) is 5.69 Å². The molecular weight excluding hydrogens is 312 g/mol. The van der Waals surface area contributed by atoms with E-state index in [0.717, 1.165) is 36.9 Å². The van der Waals surface area contributed by atoms with Gasteiger partial charge < -0.3 is 15.8 Å². The van der Waals surface area contributed by atoms with Crippen LogP contribution in [0.3, 0.4) is 0 Å². The molecule has 2 atom stereocenters. The lowest BCUT2D eigenvalue weighted by Gasteiger charge is -2.37. The van der Waals surface area contributed by atoms with Gasteiger partial charge in [0.25, 0.3) is 0 Å². The number of nitrogens with one attached hydrogen (secondary N) is 1. The molecule has 1 amide bonds. The van der Waals surface area contributed by atoms with E-state index in [1.165, 1.54) is 0 Å². The number of amides is 1. The van der Waals surface area contributed by atoms with E-state index < -0.39 is 5.54 Å². The van der Waals surface area contributed by atoms with Crippen LogP contribution in [-0.2, 0) is 16.1 Å². The fourth-order valence-corrected chi connectivity index (χ4v) is 2.97. The van der Waals surface area contributed by atoms with Crippen molar-refractivity contribution in [1.29, 1.82) is 0 Å². The highest BCUT2D eigenvalue weighted by atomic mass is 35.5. The van der Waals surface area contributed by atoms with Crippen LogP contribution in [0.15, 0.2) is 24.3 Å². The molecule has 130 valence electrons. The van der Waals surface area contributed by atoms with Gasteiger partial charge in [0.15, 0.2) is 0 Å². The van der Waals surface area contributed by atoms with E-state index in [-0.39, 0.29) is 30.3 Å². The van der Waals surface area contributed by atoms with Gasteiger partial charge in [0.2, 0.25) is 5.91 Å². The van der Waals surface area contributed by atoms with Crippen molar-refractivity contribution < 1.29 is 9.53 Å². The van der Waals surface area contributed by atoms with Crippen molar-refractivity contribution in [1.82, 2.24) is 0 Å². The highest BCUT2D eigenvalue weighted by Crippen LogP contribution is 2.32. The Labute approximate surface area is 145 Å². The second kappa shape index (κ2) is 8.67. The molecule has 0 spiro atoms. The molecule has 0 bridgehead atoms. The second-order valence-corrected chi connectivity index (χ2v) is 6.85. The van der Waals surface area contributed by atoms with Gasteiger partial charge in [-0.05, 0) is 51.3 Å². The Morgan fingerprint density at radius 2 is 2.00 bits per heavy atom. The van der Waals surface area contributed by atoms with E-state index in [2.05, 4.69) is 5.32 Å². The van der Waals surface area contributed by atoms with Crippen LogP contribution in [0.2, 0.25) is 0 Å². The predicted octanol–water partition coefficient (Wildman–Crippen LogP) is 3.88. The van der Waals surface area contributed by atoms with E-state index in [1.807, 2.05) is 45.0 Å². The largest absolute Gasteiger partial charge is 0.374 e. The number of anilines is 1. The molecule has 0 aliphatic heterocycles. The van der Waals surface area contributed by atoms with Crippen LogP contribution in [-0.4, -0.2) is 17.6 Å². The van der Waals surface area contributed by atoms with Gasteiger partial charge in [-0.15, -0.1) is 12.4 Å². The molecule has 1 aromatic rings. The fourth-order valence-electron chi connectivity index (χ4n) is 2.97. The zero-order valence-electron chi connectivity index (χ0n) is 14.3. The van der Waals surface area contributed by atoms with Crippen molar-refractivity contribution in [2.75, 3.05) is 5.32 Å². The van der Waals surface area contributed by atoms with Crippen LogP contribution in [0, 0.1) is 5.92 Å². The number of ether oxygens (including phenoxy) is 1. The summed E-state index contributed by atoms with van der Waals surface area (Å²) in [7, 11) is 0. The maximum Gasteiger partial charge on any atom is 0.229 e. The number of rotatable bonds is 5. The maximum absolute atomic E-state index is 12.5. The fraction of sp³-hybridized carbons (Fsp3) is 0.611. The standard InChI is InChI=1S/C18H28N2O2.ClH/c1-13(2)22-12-14-7-9-15(10-8-14)20-17(21)16-6-4-5-11-18(16,3)19;/h7-10,13,16H,4-6,11-12,19H2,1-3H3,(H,20,21);1H. The Balaban J connectivity index is 0.00000264. The van der Waals surface area contributed by atoms with Crippen molar-refractivity contribution in [3.05, 3.63) is 29.8 Å². The average molecular weight is 341 g/mol. The number of hydrogen-bond donors (Lipinski definition) is 2. The molecule has 1 aromatic carbocycles. The van der Waals surface area contributed by atoms with Crippen molar-refractivity contribution in [3.8, 4) is 0 Å². The molecule has 23 heavy (non-hydrogen) atoms. The Morgan fingerprint density at radius 1 is 1.35 bits per heavy atom. The van der Waals surface area contributed by atoms with Crippen molar-refractivity contribution >= 4 is 24.0 Å². The van der Waals surface area contributed by atoms with Gasteiger partial charge >= 0.3 is 0 Å². The summed E-state index contributed by atoms with van der Waals surface area (Å²) in [6.07, 6.45) is 4.20. The van der Waals surface area contributed by atoms with Crippen molar-refractivity contribution in [3.63, 3.8) is 0 Å². The highest BCUT2D eigenvalue weighted by molar-refractivity contribution is 5.93. The molecule has 0 aromatic heterocycles. The normalized spacial score (nSPS) is 24.1. The first-order valence-corrected chi connectivity index (χ1v) is 8.19. The molecule has 1 aliphatic rings. The third-order valence-corrected chi connectivity index (χ3v) is 4.38. The molecule has 1 saturated carbocycles. The molecule has 2 unspecified atom stereocenters. The minimum atomic E-state index is -0.395. The van der Waals surface area contributed by atoms with E-state index in [0.29, 0.717) is 6.61 Å². The quantitative estimate of drug-likeness (QED) is 0.854. The summed E-state index contributed by atoms with van der Waals surface area (Å²) in [6.45, 7) is 6.61. The van der Waals surface area contributed by atoms with Crippen molar-refractivity contribution in [2.45, 2.75) is 64.7 Å². The Morgan fingerprint density at radius 3 is 2.57 bits per heavy atom. The van der Waals surface area contributed by atoms with E-state index in [4.69, 9.17) is 10.5 Å². The van der Waals surface area contributed by atoms with Gasteiger partial charge in [-0.2, -0.15) is 0 Å². The predicted molar refractivity (Wildman–Crippen MR) is 96.8 cm³/mol.